The summed E-state index contributed by atoms with van der Waals surface area (Å²) in [5, 5.41) is 2.89. The van der Waals surface area contributed by atoms with E-state index in [-0.39, 0.29) is 17.6 Å². The van der Waals surface area contributed by atoms with Gasteiger partial charge in [0, 0.05) is 50.8 Å². The van der Waals surface area contributed by atoms with Crippen molar-refractivity contribution in [2.75, 3.05) is 31.1 Å². The van der Waals surface area contributed by atoms with Gasteiger partial charge in [-0.15, -0.1) is 0 Å². The number of rotatable bonds is 5. The fraction of sp³-hybridized carbons (Fsp3) is 0.381. The molecule has 1 aliphatic carbocycles. The molecule has 2 aliphatic rings. The number of piperazine rings is 1. The van der Waals surface area contributed by atoms with Crippen LogP contribution in [0.2, 0.25) is 0 Å². The highest BCUT2D eigenvalue weighted by molar-refractivity contribution is 6.07. The molecule has 1 saturated carbocycles. The predicted molar refractivity (Wildman–Crippen MR) is 103 cm³/mol. The lowest BCUT2D eigenvalue weighted by atomic mass is 10.0. The second kappa shape index (κ2) is 7.58. The summed E-state index contributed by atoms with van der Waals surface area (Å²) in [6.07, 6.45) is 4.59. The first-order valence-electron chi connectivity index (χ1n) is 9.56. The summed E-state index contributed by atoms with van der Waals surface area (Å²) in [5.41, 5.74) is 0.955. The van der Waals surface area contributed by atoms with Crippen molar-refractivity contribution in [3.8, 4) is 0 Å². The summed E-state index contributed by atoms with van der Waals surface area (Å²) in [7, 11) is 0. The van der Waals surface area contributed by atoms with Gasteiger partial charge >= 0.3 is 0 Å². The van der Waals surface area contributed by atoms with Crippen molar-refractivity contribution < 1.29 is 14.0 Å². The second-order valence-electron chi connectivity index (χ2n) is 7.38. The van der Waals surface area contributed by atoms with Crippen LogP contribution in [0.1, 0.15) is 18.4 Å². The average Bonchev–Trinajstić information content (AvgIpc) is 3.55. The monoisotopic (exact) mass is 382 g/mol. The van der Waals surface area contributed by atoms with Crippen LogP contribution in [0, 0.1) is 11.2 Å². The number of benzene rings is 1. The van der Waals surface area contributed by atoms with Gasteiger partial charge in [0.25, 0.3) is 0 Å². The van der Waals surface area contributed by atoms with Gasteiger partial charge in [-0.2, -0.15) is 0 Å². The zero-order valence-corrected chi connectivity index (χ0v) is 15.6. The third kappa shape index (κ3) is 3.69. The number of aromatic nitrogens is 1. The van der Waals surface area contributed by atoms with Crippen molar-refractivity contribution in [3.63, 3.8) is 0 Å². The standard InChI is InChI=1S/C21H23FN4O2/c22-17-3-5-18(6-4-17)25-10-12-26(13-11-25)20(28)21(7-8-21)19(27)24-15-16-2-1-9-23-14-16/h1-6,9,14H,7-8,10-13,15H2,(H,24,27). The highest BCUT2D eigenvalue weighted by Crippen LogP contribution is 2.47. The van der Waals surface area contributed by atoms with Gasteiger partial charge in [-0.1, -0.05) is 6.07 Å². The van der Waals surface area contributed by atoms with Gasteiger partial charge in [-0.25, -0.2) is 4.39 Å². The average molecular weight is 382 g/mol. The van der Waals surface area contributed by atoms with Crippen LogP contribution < -0.4 is 10.2 Å². The molecule has 2 heterocycles. The van der Waals surface area contributed by atoms with Gasteiger partial charge in [0.2, 0.25) is 11.8 Å². The van der Waals surface area contributed by atoms with Crippen LogP contribution in [0.4, 0.5) is 10.1 Å². The molecule has 7 heteroatoms. The topological polar surface area (TPSA) is 65.5 Å². The largest absolute Gasteiger partial charge is 0.368 e. The highest BCUT2D eigenvalue weighted by Gasteiger charge is 2.58. The Morgan fingerprint density at radius 1 is 1.07 bits per heavy atom. The predicted octanol–water partition coefficient (Wildman–Crippen LogP) is 1.97. The van der Waals surface area contributed by atoms with Crippen LogP contribution in [0.15, 0.2) is 48.8 Å². The molecule has 1 saturated heterocycles. The van der Waals surface area contributed by atoms with E-state index in [0.717, 1.165) is 11.3 Å². The van der Waals surface area contributed by atoms with E-state index in [2.05, 4.69) is 15.2 Å². The molecule has 0 bridgehead atoms. The van der Waals surface area contributed by atoms with E-state index < -0.39 is 5.41 Å². The zero-order valence-electron chi connectivity index (χ0n) is 15.6. The van der Waals surface area contributed by atoms with E-state index in [9.17, 15) is 14.0 Å². The van der Waals surface area contributed by atoms with Gasteiger partial charge < -0.3 is 15.1 Å². The Labute approximate surface area is 163 Å². The van der Waals surface area contributed by atoms with Gasteiger partial charge in [0.1, 0.15) is 11.2 Å². The Kier molecular flexibility index (Phi) is 4.98. The third-order valence-corrected chi connectivity index (χ3v) is 5.53. The van der Waals surface area contributed by atoms with E-state index in [1.54, 1.807) is 29.4 Å². The first-order chi connectivity index (χ1) is 13.6. The minimum atomic E-state index is -0.903. The molecule has 28 heavy (non-hydrogen) atoms. The number of carbonyl (C=O) groups excluding carboxylic acids is 2. The normalized spacial score (nSPS) is 17.9. The van der Waals surface area contributed by atoms with E-state index >= 15 is 0 Å². The van der Waals surface area contributed by atoms with E-state index in [0.29, 0.717) is 45.6 Å². The molecule has 6 nitrogen and oxygen atoms in total. The summed E-state index contributed by atoms with van der Waals surface area (Å²) < 4.78 is 13.1. The number of nitrogens with zero attached hydrogens (tertiary/aromatic N) is 3. The SMILES string of the molecule is O=C(NCc1cccnc1)C1(C(=O)N2CCN(c3ccc(F)cc3)CC2)CC1. The number of hydrogen-bond acceptors (Lipinski definition) is 4. The fourth-order valence-corrected chi connectivity index (χ4v) is 3.64. The number of anilines is 1. The minimum absolute atomic E-state index is 0.0741. The molecule has 4 rings (SSSR count). The first kappa shape index (κ1) is 18.4. The molecule has 0 unspecified atom stereocenters. The zero-order chi connectivity index (χ0) is 19.6. The summed E-state index contributed by atoms with van der Waals surface area (Å²) in [6.45, 7) is 2.84. The molecule has 0 radical (unpaired) electrons. The van der Waals surface area contributed by atoms with Crippen molar-refractivity contribution in [1.29, 1.82) is 0 Å². The van der Waals surface area contributed by atoms with E-state index in [1.807, 2.05) is 12.1 Å². The van der Waals surface area contributed by atoms with Crippen LogP contribution in [0.5, 0.6) is 0 Å². The molecular formula is C21H23FN4O2. The molecule has 1 N–H and O–H groups in total. The maximum atomic E-state index is 13.1. The Bertz CT molecular complexity index is 844. The summed E-state index contributed by atoms with van der Waals surface area (Å²) in [6, 6.07) is 10.1. The summed E-state index contributed by atoms with van der Waals surface area (Å²) >= 11 is 0. The summed E-state index contributed by atoms with van der Waals surface area (Å²) in [5.74, 6) is -0.525. The van der Waals surface area contributed by atoms with Crippen LogP contribution >= 0.6 is 0 Å². The van der Waals surface area contributed by atoms with Crippen molar-refractivity contribution >= 4 is 17.5 Å². The van der Waals surface area contributed by atoms with Crippen molar-refractivity contribution in [2.24, 2.45) is 5.41 Å². The number of halogens is 1. The lowest BCUT2D eigenvalue weighted by Crippen LogP contribution is -2.53. The van der Waals surface area contributed by atoms with Crippen LogP contribution in [-0.2, 0) is 16.1 Å². The lowest BCUT2D eigenvalue weighted by molar-refractivity contribution is -0.144. The smallest absolute Gasteiger partial charge is 0.238 e. The van der Waals surface area contributed by atoms with Crippen molar-refractivity contribution in [1.82, 2.24) is 15.2 Å². The second-order valence-corrected chi connectivity index (χ2v) is 7.38. The maximum Gasteiger partial charge on any atom is 0.238 e. The van der Waals surface area contributed by atoms with Crippen molar-refractivity contribution in [2.45, 2.75) is 19.4 Å². The molecule has 1 aliphatic heterocycles. The first-order valence-corrected chi connectivity index (χ1v) is 9.56. The molecule has 2 aromatic rings. The maximum absolute atomic E-state index is 13.1. The van der Waals surface area contributed by atoms with Crippen LogP contribution in [0.25, 0.3) is 0 Å². The fourth-order valence-electron chi connectivity index (χ4n) is 3.64. The molecular weight excluding hydrogens is 359 g/mol. The Morgan fingerprint density at radius 2 is 1.79 bits per heavy atom. The Balaban J connectivity index is 1.33. The van der Waals surface area contributed by atoms with Crippen LogP contribution in [0.3, 0.4) is 0 Å². The lowest BCUT2D eigenvalue weighted by Gasteiger charge is -2.37. The van der Waals surface area contributed by atoms with Crippen LogP contribution in [-0.4, -0.2) is 47.9 Å². The number of carbonyl (C=O) groups is 2. The Hall–Kier alpha value is -2.96. The summed E-state index contributed by atoms with van der Waals surface area (Å²) in [4.78, 5) is 33.6. The third-order valence-electron chi connectivity index (χ3n) is 5.53. The number of amides is 2. The van der Waals surface area contributed by atoms with E-state index in [4.69, 9.17) is 0 Å². The number of hydrogen-bond donors (Lipinski definition) is 1. The molecule has 1 aromatic carbocycles. The minimum Gasteiger partial charge on any atom is -0.368 e. The quantitative estimate of drug-likeness (QED) is 0.803. The molecule has 0 spiro atoms. The molecule has 2 amide bonds. The highest BCUT2D eigenvalue weighted by atomic mass is 19.1. The Morgan fingerprint density at radius 3 is 2.39 bits per heavy atom. The molecule has 146 valence electrons. The molecule has 0 atom stereocenters. The van der Waals surface area contributed by atoms with E-state index in [1.165, 1.54) is 12.1 Å². The van der Waals surface area contributed by atoms with Gasteiger partial charge in [-0.3, -0.25) is 14.6 Å². The number of pyridine rings is 1. The van der Waals surface area contributed by atoms with Gasteiger partial charge in [0.05, 0.1) is 0 Å². The van der Waals surface area contributed by atoms with Gasteiger partial charge in [-0.05, 0) is 48.7 Å². The van der Waals surface area contributed by atoms with Crippen molar-refractivity contribution in [3.05, 3.63) is 60.2 Å². The molecule has 2 fully saturated rings. The van der Waals surface area contributed by atoms with Gasteiger partial charge in [0.15, 0.2) is 0 Å². The number of nitrogens with one attached hydrogen (secondary N) is 1. The molecule has 1 aromatic heterocycles.